The number of hydrogen-bond donors (Lipinski definition) is 1. The van der Waals surface area contributed by atoms with Crippen LogP contribution in [-0.4, -0.2) is 28.8 Å². The van der Waals surface area contributed by atoms with E-state index in [1.807, 2.05) is 24.0 Å². The van der Waals surface area contributed by atoms with Crippen LogP contribution in [0.1, 0.15) is 32.0 Å². The SMILES string of the molecule is CCCOCCC(N)CCc1nccn1C. The van der Waals surface area contributed by atoms with Crippen LogP contribution in [0.4, 0.5) is 0 Å². The van der Waals surface area contributed by atoms with Gasteiger partial charge in [0, 0.05) is 45.1 Å². The van der Waals surface area contributed by atoms with Crippen molar-refractivity contribution in [1.29, 1.82) is 0 Å². The van der Waals surface area contributed by atoms with Crippen molar-refractivity contribution >= 4 is 0 Å². The molecule has 0 aliphatic heterocycles. The molecule has 0 saturated carbocycles. The third-order valence-corrected chi connectivity index (χ3v) is 2.64. The van der Waals surface area contributed by atoms with Gasteiger partial charge < -0.3 is 15.0 Å². The fourth-order valence-electron chi connectivity index (χ4n) is 1.58. The maximum Gasteiger partial charge on any atom is 0.108 e. The second-order valence-corrected chi connectivity index (χ2v) is 4.15. The van der Waals surface area contributed by atoms with E-state index in [0.29, 0.717) is 0 Å². The molecule has 4 nitrogen and oxygen atoms in total. The molecule has 0 saturated heterocycles. The second-order valence-electron chi connectivity index (χ2n) is 4.15. The Bertz CT molecular complexity index is 286. The second kappa shape index (κ2) is 7.41. The fourth-order valence-corrected chi connectivity index (χ4v) is 1.58. The zero-order valence-electron chi connectivity index (χ0n) is 10.4. The Balaban J connectivity index is 2.10. The highest BCUT2D eigenvalue weighted by molar-refractivity contribution is 4.91. The van der Waals surface area contributed by atoms with Crippen molar-refractivity contribution in [2.24, 2.45) is 12.8 Å². The van der Waals surface area contributed by atoms with Gasteiger partial charge >= 0.3 is 0 Å². The minimum atomic E-state index is 0.216. The van der Waals surface area contributed by atoms with Crippen LogP contribution in [0.25, 0.3) is 0 Å². The van der Waals surface area contributed by atoms with Crippen LogP contribution in [0.5, 0.6) is 0 Å². The minimum Gasteiger partial charge on any atom is -0.381 e. The molecular formula is C12H23N3O. The van der Waals surface area contributed by atoms with Gasteiger partial charge in [-0.3, -0.25) is 0 Å². The molecule has 92 valence electrons. The van der Waals surface area contributed by atoms with Crippen molar-refractivity contribution in [3.8, 4) is 0 Å². The van der Waals surface area contributed by atoms with E-state index in [1.54, 1.807) is 0 Å². The number of ether oxygens (including phenoxy) is 1. The average molecular weight is 225 g/mol. The van der Waals surface area contributed by atoms with Crippen molar-refractivity contribution in [3.63, 3.8) is 0 Å². The van der Waals surface area contributed by atoms with Gasteiger partial charge in [-0.15, -0.1) is 0 Å². The number of aromatic nitrogens is 2. The molecule has 1 aromatic rings. The summed E-state index contributed by atoms with van der Waals surface area (Å²) in [5.74, 6) is 1.10. The lowest BCUT2D eigenvalue weighted by molar-refractivity contribution is 0.127. The molecule has 0 amide bonds. The molecule has 1 rings (SSSR count). The third kappa shape index (κ3) is 4.77. The van der Waals surface area contributed by atoms with Gasteiger partial charge in [0.05, 0.1) is 0 Å². The molecule has 1 atom stereocenters. The van der Waals surface area contributed by atoms with Gasteiger partial charge in [-0.1, -0.05) is 6.92 Å². The standard InChI is InChI=1S/C12H23N3O/c1-3-9-16-10-6-11(13)4-5-12-14-7-8-15(12)2/h7-8,11H,3-6,9-10,13H2,1-2H3. The summed E-state index contributed by atoms with van der Waals surface area (Å²) in [6, 6.07) is 0.216. The highest BCUT2D eigenvalue weighted by Gasteiger charge is 2.05. The van der Waals surface area contributed by atoms with Crippen LogP contribution in [0.15, 0.2) is 12.4 Å². The van der Waals surface area contributed by atoms with Crippen molar-refractivity contribution in [1.82, 2.24) is 9.55 Å². The Morgan fingerprint density at radius 1 is 1.44 bits per heavy atom. The molecule has 0 aliphatic rings. The maximum atomic E-state index is 6.01. The molecular weight excluding hydrogens is 202 g/mol. The average Bonchev–Trinajstić information content (AvgIpc) is 2.67. The summed E-state index contributed by atoms with van der Waals surface area (Å²) in [4.78, 5) is 4.27. The van der Waals surface area contributed by atoms with Crippen LogP contribution < -0.4 is 5.73 Å². The number of nitrogens with zero attached hydrogens (tertiary/aromatic N) is 2. The summed E-state index contributed by atoms with van der Waals surface area (Å²) in [5, 5.41) is 0. The van der Waals surface area contributed by atoms with Gasteiger partial charge in [0.1, 0.15) is 5.82 Å². The third-order valence-electron chi connectivity index (χ3n) is 2.64. The fraction of sp³-hybridized carbons (Fsp3) is 0.750. The number of nitrogens with two attached hydrogens (primary N) is 1. The van der Waals surface area contributed by atoms with Gasteiger partial charge in [-0.25, -0.2) is 4.98 Å². The topological polar surface area (TPSA) is 53.1 Å². The summed E-state index contributed by atoms with van der Waals surface area (Å²) in [6.07, 6.45) is 7.71. The van der Waals surface area contributed by atoms with E-state index in [9.17, 15) is 0 Å². The summed E-state index contributed by atoms with van der Waals surface area (Å²) >= 11 is 0. The van der Waals surface area contributed by atoms with Crippen LogP contribution in [-0.2, 0) is 18.2 Å². The number of aryl methyl sites for hydroxylation is 2. The number of rotatable bonds is 8. The van der Waals surface area contributed by atoms with Crippen LogP contribution in [0.3, 0.4) is 0 Å². The van der Waals surface area contributed by atoms with E-state index in [0.717, 1.165) is 44.7 Å². The predicted molar refractivity (Wildman–Crippen MR) is 65.2 cm³/mol. The molecule has 16 heavy (non-hydrogen) atoms. The number of hydrogen-bond acceptors (Lipinski definition) is 3. The summed E-state index contributed by atoms with van der Waals surface area (Å²) in [5.41, 5.74) is 6.01. The van der Waals surface area contributed by atoms with Crippen molar-refractivity contribution in [2.45, 2.75) is 38.6 Å². The van der Waals surface area contributed by atoms with E-state index >= 15 is 0 Å². The first kappa shape index (κ1) is 13.2. The smallest absolute Gasteiger partial charge is 0.108 e. The molecule has 2 N–H and O–H groups in total. The van der Waals surface area contributed by atoms with Crippen molar-refractivity contribution < 1.29 is 4.74 Å². The molecule has 4 heteroatoms. The molecule has 1 unspecified atom stereocenters. The van der Waals surface area contributed by atoms with Crippen LogP contribution in [0, 0.1) is 0 Å². The van der Waals surface area contributed by atoms with E-state index in [2.05, 4.69) is 11.9 Å². The Kier molecular flexibility index (Phi) is 6.11. The monoisotopic (exact) mass is 225 g/mol. The normalized spacial score (nSPS) is 12.9. The first-order valence-corrected chi connectivity index (χ1v) is 6.03. The molecule has 0 fully saturated rings. The lowest BCUT2D eigenvalue weighted by atomic mass is 10.1. The van der Waals surface area contributed by atoms with E-state index in [4.69, 9.17) is 10.5 Å². The van der Waals surface area contributed by atoms with Crippen molar-refractivity contribution in [3.05, 3.63) is 18.2 Å². The first-order chi connectivity index (χ1) is 7.74. The summed E-state index contributed by atoms with van der Waals surface area (Å²) < 4.78 is 7.46. The Hall–Kier alpha value is -0.870. The minimum absolute atomic E-state index is 0.216. The van der Waals surface area contributed by atoms with Gasteiger partial charge in [0.25, 0.3) is 0 Å². The quantitative estimate of drug-likeness (QED) is 0.682. The van der Waals surface area contributed by atoms with E-state index in [1.165, 1.54) is 0 Å². The molecule has 0 aromatic carbocycles. The molecule has 0 bridgehead atoms. The molecule has 0 radical (unpaired) electrons. The highest BCUT2D eigenvalue weighted by atomic mass is 16.5. The Labute approximate surface area is 97.8 Å². The molecule has 1 heterocycles. The molecule has 0 aliphatic carbocycles. The van der Waals surface area contributed by atoms with Gasteiger partial charge in [-0.05, 0) is 19.3 Å². The van der Waals surface area contributed by atoms with Crippen molar-refractivity contribution in [2.75, 3.05) is 13.2 Å². The largest absolute Gasteiger partial charge is 0.381 e. The van der Waals surface area contributed by atoms with E-state index in [-0.39, 0.29) is 6.04 Å². The zero-order valence-corrected chi connectivity index (χ0v) is 10.4. The lowest BCUT2D eigenvalue weighted by Crippen LogP contribution is -2.23. The van der Waals surface area contributed by atoms with Gasteiger partial charge in [0.2, 0.25) is 0 Å². The maximum absolute atomic E-state index is 6.01. The lowest BCUT2D eigenvalue weighted by Gasteiger charge is -2.11. The first-order valence-electron chi connectivity index (χ1n) is 6.03. The number of imidazole rings is 1. The van der Waals surface area contributed by atoms with Crippen LogP contribution in [0.2, 0.25) is 0 Å². The summed E-state index contributed by atoms with van der Waals surface area (Å²) in [7, 11) is 2.01. The Morgan fingerprint density at radius 3 is 2.88 bits per heavy atom. The van der Waals surface area contributed by atoms with Crippen LogP contribution >= 0.6 is 0 Å². The zero-order chi connectivity index (χ0) is 11.8. The summed E-state index contributed by atoms with van der Waals surface area (Å²) in [6.45, 7) is 3.72. The Morgan fingerprint density at radius 2 is 2.25 bits per heavy atom. The molecule has 0 spiro atoms. The highest BCUT2D eigenvalue weighted by Crippen LogP contribution is 2.03. The van der Waals surface area contributed by atoms with Gasteiger partial charge in [0.15, 0.2) is 0 Å². The predicted octanol–water partition coefficient (Wildman–Crippen LogP) is 1.50. The molecule has 1 aromatic heterocycles. The van der Waals surface area contributed by atoms with E-state index < -0.39 is 0 Å². The van der Waals surface area contributed by atoms with Gasteiger partial charge in [-0.2, -0.15) is 0 Å².